The largest absolute Gasteiger partial charge is 0.452 e. The van der Waals surface area contributed by atoms with Crippen molar-refractivity contribution in [3.8, 4) is 0 Å². The molecule has 1 fully saturated rings. The number of rotatable bonds is 16. The molecule has 0 N–H and O–H groups in total. The zero-order valence-corrected chi connectivity index (χ0v) is 76.3. The first-order chi connectivity index (χ1) is 47.3. The Kier molecular flexibility index (Phi) is 43.0. The first-order valence-corrected chi connectivity index (χ1v) is 41.3. The van der Waals surface area contributed by atoms with Crippen LogP contribution in [0.25, 0.3) is 0 Å². The highest BCUT2D eigenvalue weighted by Crippen LogP contribution is 2.41. The first kappa shape index (κ1) is 98.2. The van der Waals surface area contributed by atoms with Gasteiger partial charge in [-0.1, -0.05) is 212 Å². The zero-order valence-electron chi connectivity index (χ0n) is 74.7. The van der Waals surface area contributed by atoms with E-state index in [4.69, 9.17) is 13.7 Å². The van der Waals surface area contributed by atoms with E-state index in [1.54, 1.807) is 11.5 Å². The molecule has 15 heteroatoms. The number of oxazole rings is 1. The quantitative estimate of drug-likeness (QED) is 0.0852. The highest BCUT2D eigenvalue weighted by atomic mass is 32.1. The van der Waals surface area contributed by atoms with Gasteiger partial charge in [-0.2, -0.15) is 9.47 Å². The smallest absolute Gasteiger partial charge is 0.335 e. The highest BCUT2D eigenvalue weighted by molar-refractivity contribution is 7.11. The lowest BCUT2D eigenvalue weighted by Gasteiger charge is -2.38. The Morgan fingerprint density at radius 1 is 0.505 bits per heavy atom. The maximum absolute atomic E-state index is 11.7. The van der Waals surface area contributed by atoms with Gasteiger partial charge in [-0.05, 0) is 221 Å². The number of nitrogens with zero attached hydrogens (tertiary/aromatic N) is 9. The number of hydrazine groups is 1. The maximum atomic E-state index is 11.7. The van der Waals surface area contributed by atoms with Crippen LogP contribution in [0.2, 0.25) is 0 Å². The Balaban J connectivity index is 0.00000115. The molecule has 0 spiro atoms. The van der Waals surface area contributed by atoms with E-state index in [2.05, 4.69) is 307 Å². The van der Waals surface area contributed by atoms with Crippen molar-refractivity contribution in [2.75, 3.05) is 0 Å². The van der Waals surface area contributed by atoms with Crippen LogP contribution in [-0.2, 0) is 9.53 Å². The number of pyridine rings is 1. The summed E-state index contributed by atoms with van der Waals surface area (Å²) in [6.45, 7) is 97.4. The van der Waals surface area contributed by atoms with E-state index in [0.29, 0.717) is 101 Å². The molecule has 2 atom stereocenters. The van der Waals surface area contributed by atoms with Crippen LogP contribution < -0.4 is 0 Å². The second kappa shape index (κ2) is 45.1. The number of ether oxygens (including phenoxy) is 1. The average molecular weight is 1470 g/mol. The highest BCUT2D eigenvalue weighted by Gasteiger charge is 2.43. The minimum absolute atomic E-state index is 0.131. The lowest BCUT2D eigenvalue weighted by atomic mass is 9.83. The summed E-state index contributed by atoms with van der Waals surface area (Å²) in [6.07, 6.45) is 1.88. The molecule has 0 amide bonds. The Morgan fingerprint density at radius 3 is 1.29 bits per heavy atom. The summed E-state index contributed by atoms with van der Waals surface area (Å²) in [5.41, 5.74) is 15.7. The van der Waals surface area contributed by atoms with Gasteiger partial charge in [0.05, 0.1) is 33.5 Å². The Hall–Kier alpha value is -4.83. The van der Waals surface area contributed by atoms with Crippen molar-refractivity contribution in [3.05, 3.63) is 124 Å². The van der Waals surface area contributed by atoms with Gasteiger partial charge in [-0.3, -0.25) is 9.67 Å². The van der Waals surface area contributed by atoms with Gasteiger partial charge in [-0.15, -0.1) is 11.3 Å². The number of carbonyl (C=O) groups is 1. The van der Waals surface area contributed by atoms with Crippen molar-refractivity contribution >= 4 is 28.8 Å². The number of esters is 1. The molecule has 2 aliphatic heterocycles. The third kappa shape index (κ3) is 28.7. The third-order valence-corrected chi connectivity index (χ3v) is 20.8. The number of hydrogen-bond donors (Lipinski definition) is 0. The minimum atomic E-state index is -0.412. The normalized spacial score (nSPS) is 16.0. The summed E-state index contributed by atoms with van der Waals surface area (Å²) >= 11 is 3.48. The Morgan fingerprint density at radius 2 is 0.981 bits per heavy atom. The molecule has 103 heavy (non-hydrogen) atoms. The Labute approximate surface area is 641 Å². The SMILES string of the molecule is CC.CC(C)C1=C(C(C)C)C(C)(C)OC1=O.CC(C)c1cccnc1C(C)C.CC1C(C)N(C(C)C)N(C(C)C)C1C.Cc1nc(C(C)C)c(C(C)C)o1.Cc1nc(C(C)C)c(C(C)C)s1.Cc1nn(C(C)C)c(C(C)C)c1C.Cc1onc(C(C)C)c1C(C)C.Cc1snc(C(C)C)c1C(C)C. The van der Waals surface area contributed by atoms with Crippen molar-refractivity contribution in [2.24, 2.45) is 17.8 Å². The third-order valence-electron chi connectivity index (χ3n) is 18.7. The van der Waals surface area contributed by atoms with Gasteiger partial charge in [0.15, 0.2) is 5.89 Å². The monoisotopic (exact) mass is 1470 g/mol. The molecular formula is C88H157N9O4S2. The van der Waals surface area contributed by atoms with Crippen LogP contribution in [0.1, 0.15) is 435 Å². The van der Waals surface area contributed by atoms with E-state index in [9.17, 15) is 4.79 Å². The van der Waals surface area contributed by atoms with Gasteiger partial charge >= 0.3 is 5.97 Å². The van der Waals surface area contributed by atoms with Crippen molar-refractivity contribution in [3.63, 3.8) is 0 Å². The maximum Gasteiger partial charge on any atom is 0.335 e. The number of carbonyl (C=O) groups excluding carboxylic acids is 1. The predicted octanol–water partition coefficient (Wildman–Crippen LogP) is 27.1. The molecule has 0 radical (unpaired) electrons. The topological polar surface area (TPSA) is 141 Å². The van der Waals surface area contributed by atoms with Gasteiger partial charge in [0, 0.05) is 81.5 Å². The summed E-state index contributed by atoms with van der Waals surface area (Å²) < 4.78 is 22.7. The van der Waals surface area contributed by atoms with E-state index >= 15 is 0 Å². The van der Waals surface area contributed by atoms with Gasteiger partial charge in [-0.25, -0.2) is 24.8 Å². The predicted molar refractivity (Wildman–Crippen MR) is 448 cm³/mol. The minimum Gasteiger partial charge on any atom is -0.452 e. The summed E-state index contributed by atoms with van der Waals surface area (Å²) in [7, 11) is 0. The van der Waals surface area contributed by atoms with E-state index in [0.717, 1.165) is 51.6 Å². The van der Waals surface area contributed by atoms with Gasteiger partial charge < -0.3 is 13.7 Å². The number of aryl methyl sites for hydroxylation is 5. The molecule has 0 aromatic carbocycles. The van der Waals surface area contributed by atoms with Crippen LogP contribution in [0, 0.1) is 59.3 Å². The fourth-order valence-electron chi connectivity index (χ4n) is 13.9. The fraction of sp³-hybridized carbons (Fsp3) is 0.739. The summed E-state index contributed by atoms with van der Waals surface area (Å²) in [5, 5.41) is 14.9. The van der Waals surface area contributed by atoms with Crippen LogP contribution in [0.15, 0.2) is 38.4 Å². The van der Waals surface area contributed by atoms with Crippen LogP contribution in [0.5, 0.6) is 0 Å². The van der Waals surface area contributed by atoms with E-state index < -0.39 is 5.60 Å². The molecule has 0 bridgehead atoms. The molecule has 8 rings (SSSR count). The molecule has 13 nitrogen and oxygen atoms in total. The number of cyclic esters (lactones) is 1. The van der Waals surface area contributed by atoms with Gasteiger partial charge in [0.2, 0.25) is 0 Å². The molecule has 6 aromatic rings. The average Bonchev–Trinajstić information content (AvgIpc) is 1.63. The molecule has 8 heterocycles. The molecule has 2 aliphatic rings. The van der Waals surface area contributed by atoms with Crippen LogP contribution >= 0.6 is 22.9 Å². The second-order valence-corrected chi connectivity index (χ2v) is 35.9. The number of thiazole rings is 1. The molecule has 0 saturated carbocycles. The number of aromatic nitrogens is 7. The Bertz CT molecular complexity index is 3180. The first-order valence-electron chi connectivity index (χ1n) is 39.7. The fourth-order valence-corrected chi connectivity index (χ4v) is 15.9. The summed E-state index contributed by atoms with van der Waals surface area (Å²) in [5.74, 6) is 9.93. The van der Waals surface area contributed by atoms with Crippen LogP contribution in [0.3, 0.4) is 0 Å². The summed E-state index contributed by atoms with van der Waals surface area (Å²) in [4.78, 5) is 27.8. The van der Waals surface area contributed by atoms with E-state index in [1.165, 1.54) is 59.8 Å². The molecular weight excluding hydrogens is 1310 g/mol. The molecule has 6 aromatic heterocycles. The van der Waals surface area contributed by atoms with Crippen molar-refractivity contribution in [1.29, 1.82) is 0 Å². The van der Waals surface area contributed by atoms with Gasteiger partial charge in [0.25, 0.3) is 0 Å². The molecule has 590 valence electrons. The summed E-state index contributed by atoms with van der Waals surface area (Å²) in [6, 6.07) is 7.22. The van der Waals surface area contributed by atoms with Crippen LogP contribution in [0.4, 0.5) is 0 Å². The lowest BCUT2D eigenvalue weighted by molar-refractivity contribution is -0.145. The molecule has 0 aliphatic carbocycles. The van der Waals surface area contributed by atoms with Gasteiger partial charge in [0.1, 0.15) is 17.1 Å². The lowest BCUT2D eigenvalue weighted by Crippen LogP contribution is -2.49. The number of hydrogen-bond acceptors (Lipinski definition) is 14. The van der Waals surface area contributed by atoms with Crippen LogP contribution in [-0.4, -0.2) is 80.0 Å². The second-order valence-electron chi connectivity index (χ2n) is 33.7. The van der Waals surface area contributed by atoms with Crippen molar-refractivity contribution < 1.29 is 18.5 Å². The molecule has 1 saturated heterocycles. The molecule has 2 unspecified atom stereocenters. The zero-order chi connectivity index (χ0) is 80.6. The van der Waals surface area contributed by atoms with E-state index in [1.807, 2.05) is 79.0 Å². The van der Waals surface area contributed by atoms with E-state index in [-0.39, 0.29) is 11.9 Å². The van der Waals surface area contributed by atoms with Crippen molar-refractivity contribution in [1.82, 2.24) is 44.3 Å². The standard InChI is InChI=1S/C12H26N2.C12H20O2.C11H20N2.C11H17N.2C10H17NO.2C10H17NS.C2H6/c1-8(2)13-11(6)10(5)12(7)14(13)9(3)4;1-7(2)9-10(8(3)4)12(5,6)14-11(9)13;1-7(2)11-9(5)10(6)12-13(11)8(3)4;1-8(2)10-6-5-7-12-11(10)9(3)4;1-6(2)9-10(7(3)4)12-8(5)11-9;1-6(2)9-8(5)12-11-10(9)7(3)4;1-6(2)9-10(7(3)4)12-8(5)11-9;1-6(2)9-8(5)12-11-10(9)7(3)4;1-2/h8-12H,1-7H3;7-8H,1-6H3;7-8H,1-6H3;5-9H,1-4H3;4*6-7H,1-5H3;1-2H3. The van der Waals surface area contributed by atoms with Crippen molar-refractivity contribution in [2.45, 2.75) is 412 Å².